The van der Waals surface area contributed by atoms with Gasteiger partial charge in [-0.25, -0.2) is 0 Å². The molecule has 5 heteroatoms. The van der Waals surface area contributed by atoms with Gasteiger partial charge in [-0.15, -0.1) is 0 Å². The fourth-order valence-corrected chi connectivity index (χ4v) is 2.25. The molecule has 0 saturated heterocycles. The molecule has 1 saturated carbocycles. The van der Waals surface area contributed by atoms with Crippen molar-refractivity contribution in [2.24, 2.45) is 5.73 Å². The molecule has 21 heavy (non-hydrogen) atoms. The third-order valence-electron chi connectivity index (χ3n) is 3.96. The molecule has 0 spiro atoms. The summed E-state index contributed by atoms with van der Waals surface area (Å²) >= 11 is 0. The molecule has 0 bridgehead atoms. The van der Waals surface area contributed by atoms with Crippen LogP contribution < -0.4 is 15.8 Å². The lowest BCUT2D eigenvalue weighted by Crippen LogP contribution is -2.42. The van der Waals surface area contributed by atoms with E-state index in [-0.39, 0.29) is 12.5 Å². The molecule has 1 atom stereocenters. The number of carbonyl (C=O) groups excluding carboxylic acids is 1. The van der Waals surface area contributed by atoms with Gasteiger partial charge < -0.3 is 15.8 Å². The molecule has 1 fully saturated rings. The standard InChI is InChI=1S/C16H25N3O2/c1-12(19(2)14-7-8-14)10-18-16(20)11-21-15-6-4-3-5-13(15)9-17/h3-6,12,14H,7-11,17H2,1-2H3,(H,18,20). The van der Waals surface area contributed by atoms with Gasteiger partial charge in [0.2, 0.25) is 0 Å². The van der Waals surface area contributed by atoms with Crippen LogP contribution in [0, 0.1) is 0 Å². The van der Waals surface area contributed by atoms with Crippen molar-refractivity contribution in [2.75, 3.05) is 20.2 Å². The van der Waals surface area contributed by atoms with Crippen molar-refractivity contribution < 1.29 is 9.53 Å². The van der Waals surface area contributed by atoms with Crippen LogP contribution in [0.4, 0.5) is 0 Å². The number of carbonyl (C=O) groups is 1. The van der Waals surface area contributed by atoms with Crippen LogP contribution in [0.3, 0.4) is 0 Å². The zero-order valence-electron chi connectivity index (χ0n) is 12.8. The first kappa shape index (κ1) is 15.8. The molecule has 1 aliphatic carbocycles. The highest BCUT2D eigenvalue weighted by molar-refractivity contribution is 5.77. The maximum absolute atomic E-state index is 11.8. The van der Waals surface area contributed by atoms with Gasteiger partial charge in [0.15, 0.2) is 6.61 Å². The van der Waals surface area contributed by atoms with Gasteiger partial charge in [0, 0.05) is 30.7 Å². The third kappa shape index (κ3) is 4.72. The van der Waals surface area contributed by atoms with Crippen molar-refractivity contribution in [2.45, 2.75) is 38.4 Å². The van der Waals surface area contributed by atoms with Crippen LogP contribution >= 0.6 is 0 Å². The van der Waals surface area contributed by atoms with Gasteiger partial charge >= 0.3 is 0 Å². The van der Waals surface area contributed by atoms with Crippen LogP contribution in [-0.4, -0.2) is 43.1 Å². The van der Waals surface area contributed by atoms with Crippen molar-refractivity contribution in [3.05, 3.63) is 29.8 Å². The van der Waals surface area contributed by atoms with E-state index in [1.54, 1.807) is 0 Å². The molecule has 1 unspecified atom stereocenters. The molecule has 5 nitrogen and oxygen atoms in total. The molecule has 1 aromatic carbocycles. The maximum atomic E-state index is 11.8. The summed E-state index contributed by atoms with van der Waals surface area (Å²) in [6.07, 6.45) is 2.54. The Balaban J connectivity index is 1.72. The fourth-order valence-electron chi connectivity index (χ4n) is 2.25. The van der Waals surface area contributed by atoms with Crippen LogP contribution in [0.2, 0.25) is 0 Å². The van der Waals surface area contributed by atoms with E-state index in [1.807, 2.05) is 24.3 Å². The molecule has 3 N–H and O–H groups in total. The predicted octanol–water partition coefficient (Wildman–Crippen LogP) is 1.12. The number of nitrogens with one attached hydrogen (secondary N) is 1. The largest absolute Gasteiger partial charge is 0.483 e. The second-order valence-corrected chi connectivity index (χ2v) is 5.65. The summed E-state index contributed by atoms with van der Waals surface area (Å²) in [5.41, 5.74) is 6.55. The average molecular weight is 291 g/mol. The molecule has 0 heterocycles. The lowest BCUT2D eigenvalue weighted by molar-refractivity contribution is -0.123. The Morgan fingerprint density at radius 1 is 1.48 bits per heavy atom. The van der Waals surface area contributed by atoms with E-state index in [1.165, 1.54) is 12.8 Å². The minimum absolute atomic E-state index is 0.0247. The van der Waals surface area contributed by atoms with Crippen LogP contribution in [0.25, 0.3) is 0 Å². The van der Waals surface area contributed by atoms with E-state index in [2.05, 4.69) is 24.2 Å². The topological polar surface area (TPSA) is 67.6 Å². The van der Waals surface area contributed by atoms with E-state index in [4.69, 9.17) is 10.5 Å². The number of ether oxygens (including phenoxy) is 1. The number of hydrogen-bond donors (Lipinski definition) is 2. The second kappa shape index (κ2) is 7.43. The number of nitrogens with zero attached hydrogens (tertiary/aromatic N) is 1. The molecular formula is C16H25N3O2. The monoisotopic (exact) mass is 291 g/mol. The van der Waals surface area contributed by atoms with E-state index in [0.29, 0.717) is 30.9 Å². The van der Waals surface area contributed by atoms with E-state index >= 15 is 0 Å². The summed E-state index contributed by atoms with van der Waals surface area (Å²) in [7, 11) is 2.11. The Bertz CT molecular complexity index is 474. The quantitative estimate of drug-likeness (QED) is 0.753. The SMILES string of the molecule is CC(CNC(=O)COc1ccccc1CN)N(C)C1CC1. The van der Waals surface area contributed by atoms with E-state index < -0.39 is 0 Å². The molecule has 0 radical (unpaired) electrons. The van der Waals surface area contributed by atoms with Gasteiger partial charge in [0.05, 0.1) is 0 Å². The van der Waals surface area contributed by atoms with Gasteiger partial charge in [-0.3, -0.25) is 9.69 Å². The van der Waals surface area contributed by atoms with Gasteiger partial charge in [-0.2, -0.15) is 0 Å². The number of benzene rings is 1. The fraction of sp³-hybridized carbons (Fsp3) is 0.562. The number of hydrogen-bond acceptors (Lipinski definition) is 4. The summed E-state index contributed by atoms with van der Waals surface area (Å²) in [6.45, 7) is 3.20. The zero-order valence-corrected chi connectivity index (χ0v) is 12.8. The summed E-state index contributed by atoms with van der Waals surface area (Å²) in [5.74, 6) is 0.580. The van der Waals surface area contributed by atoms with Gasteiger partial charge in [0.25, 0.3) is 5.91 Å². The normalized spacial score (nSPS) is 15.8. The Hall–Kier alpha value is -1.59. The molecule has 116 valence electrons. The molecule has 1 aliphatic rings. The van der Waals surface area contributed by atoms with E-state index in [9.17, 15) is 4.79 Å². The number of likely N-dealkylation sites (N-methyl/N-ethyl adjacent to an activating group) is 1. The van der Waals surface area contributed by atoms with Gasteiger partial charge in [-0.1, -0.05) is 18.2 Å². The zero-order chi connectivity index (χ0) is 15.2. The minimum Gasteiger partial charge on any atom is -0.483 e. The highest BCUT2D eigenvalue weighted by Crippen LogP contribution is 2.26. The lowest BCUT2D eigenvalue weighted by Gasteiger charge is -2.24. The Morgan fingerprint density at radius 2 is 2.19 bits per heavy atom. The predicted molar refractivity (Wildman–Crippen MR) is 83.1 cm³/mol. The molecule has 0 aliphatic heterocycles. The van der Waals surface area contributed by atoms with Crippen molar-refractivity contribution in [3.63, 3.8) is 0 Å². The summed E-state index contributed by atoms with van der Waals surface area (Å²) in [5, 5.41) is 2.92. The number of nitrogens with two attached hydrogens (primary N) is 1. The first-order valence-electron chi connectivity index (χ1n) is 7.51. The highest BCUT2D eigenvalue weighted by atomic mass is 16.5. The molecular weight excluding hydrogens is 266 g/mol. The first-order chi connectivity index (χ1) is 10.1. The number of amides is 1. The Kier molecular flexibility index (Phi) is 5.59. The molecule has 1 amide bonds. The summed E-state index contributed by atoms with van der Waals surface area (Å²) in [4.78, 5) is 14.2. The minimum atomic E-state index is -0.0992. The molecule has 1 aromatic rings. The highest BCUT2D eigenvalue weighted by Gasteiger charge is 2.29. The second-order valence-electron chi connectivity index (χ2n) is 5.65. The number of para-hydroxylation sites is 1. The molecule has 0 aromatic heterocycles. The van der Waals surface area contributed by atoms with Crippen molar-refractivity contribution in [3.8, 4) is 5.75 Å². The maximum Gasteiger partial charge on any atom is 0.257 e. The van der Waals surface area contributed by atoms with Crippen LogP contribution in [0.1, 0.15) is 25.3 Å². The Labute approximate surface area is 126 Å². The van der Waals surface area contributed by atoms with Crippen LogP contribution in [0.15, 0.2) is 24.3 Å². The molecule has 2 rings (SSSR count). The summed E-state index contributed by atoms with van der Waals surface area (Å²) in [6, 6.07) is 8.56. The smallest absolute Gasteiger partial charge is 0.257 e. The average Bonchev–Trinajstić information content (AvgIpc) is 3.34. The lowest BCUT2D eigenvalue weighted by atomic mass is 10.2. The first-order valence-corrected chi connectivity index (χ1v) is 7.51. The Morgan fingerprint density at radius 3 is 2.86 bits per heavy atom. The van der Waals surface area contributed by atoms with Crippen molar-refractivity contribution in [1.29, 1.82) is 0 Å². The van der Waals surface area contributed by atoms with Crippen molar-refractivity contribution >= 4 is 5.91 Å². The van der Waals surface area contributed by atoms with Gasteiger partial charge in [0.1, 0.15) is 5.75 Å². The van der Waals surface area contributed by atoms with Crippen LogP contribution in [0.5, 0.6) is 5.75 Å². The van der Waals surface area contributed by atoms with Gasteiger partial charge in [-0.05, 0) is 32.9 Å². The van der Waals surface area contributed by atoms with Crippen LogP contribution in [-0.2, 0) is 11.3 Å². The third-order valence-corrected chi connectivity index (χ3v) is 3.96. The van der Waals surface area contributed by atoms with Crippen molar-refractivity contribution in [1.82, 2.24) is 10.2 Å². The number of rotatable bonds is 8. The van der Waals surface area contributed by atoms with E-state index in [0.717, 1.165) is 5.56 Å². The summed E-state index contributed by atoms with van der Waals surface area (Å²) < 4.78 is 5.54.